The topological polar surface area (TPSA) is 50.2 Å². The smallest absolute Gasteiger partial charge is 0.336 e. The summed E-state index contributed by atoms with van der Waals surface area (Å²) in [5.74, 6) is -0.939. The number of carboxylic acids is 1. The van der Waals surface area contributed by atoms with Crippen molar-refractivity contribution in [3.63, 3.8) is 0 Å². The summed E-state index contributed by atoms with van der Waals surface area (Å²) in [6, 6.07) is 15.7. The van der Waals surface area contributed by atoms with Gasteiger partial charge >= 0.3 is 5.97 Å². The number of fused-ring (bicyclic) bond motifs is 1. The summed E-state index contributed by atoms with van der Waals surface area (Å²) in [7, 11) is 0. The van der Waals surface area contributed by atoms with Gasteiger partial charge in [0.05, 0.1) is 11.1 Å². The van der Waals surface area contributed by atoms with Crippen LogP contribution in [0.5, 0.6) is 0 Å². The molecule has 0 saturated heterocycles. The largest absolute Gasteiger partial charge is 0.478 e. The normalized spacial score (nSPS) is 12.0. The van der Waals surface area contributed by atoms with Gasteiger partial charge in [0.1, 0.15) is 0 Å². The number of hydrogen-bond donors (Lipinski definition) is 1. The van der Waals surface area contributed by atoms with Crippen LogP contribution in [0.3, 0.4) is 0 Å². The molecule has 3 rings (SSSR count). The molecule has 2 aromatic carbocycles. The van der Waals surface area contributed by atoms with Crippen molar-refractivity contribution in [3.05, 3.63) is 77.0 Å². The third-order valence-electron chi connectivity index (χ3n) is 4.24. The minimum Gasteiger partial charge on any atom is -0.478 e. The highest BCUT2D eigenvalue weighted by Gasteiger charge is 2.12. The van der Waals surface area contributed by atoms with E-state index in [1.807, 2.05) is 30.4 Å². The van der Waals surface area contributed by atoms with E-state index in [1.165, 1.54) is 17.8 Å². The van der Waals surface area contributed by atoms with Gasteiger partial charge in [-0.05, 0) is 40.3 Å². The van der Waals surface area contributed by atoms with Crippen molar-refractivity contribution in [1.82, 2.24) is 4.98 Å². The molecule has 0 radical (unpaired) electrons. The first-order chi connectivity index (χ1) is 11.8. The molecule has 1 heterocycles. The maximum absolute atomic E-state index is 11.4. The van der Waals surface area contributed by atoms with Crippen LogP contribution >= 0.6 is 0 Å². The second-order valence-corrected chi connectivity index (χ2v) is 7.15. The summed E-state index contributed by atoms with van der Waals surface area (Å²) in [5, 5.41) is 9.98. The van der Waals surface area contributed by atoms with Gasteiger partial charge in [-0.3, -0.25) is 4.98 Å². The number of aromatic nitrogens is 1. The van der Waals surface area contributed by atoms with Crippen LogP contribution in [0.1, 0.15) is 47.8 Å². The van der Waals surface area contributed by atoms with Gasteiger partial charge in [0.15, 0.2) is 0 Å². The van der Waals surface area contributed by atoms with E-state index in [0.29, 0.717) is 10.9 Å². The molecule has 0 amide bonds. The molecule has 1 aromatic heterocycles. The van der Waals surface area contributed by atoms with E-state index < -0.39 is 5.97 Å². The van der Waals surface area contributed by atoms with Gasteiger partial charge in [0, 0.05) is 11.6 Å². The maximum atomic E-state index is 11.4. The molecule has 3 heteroatoms. The van der Waals surface area contributed by atoms with E-state index >= 15 is 0 Å². The number of nitrogens with zero attached hydrogens (tertiary/aromatic N) is 1. The molecule has 0 atom stereocenters. The lowest BCUT2D eigenvalue weighted by molar-refractivity contribution is 0.0699. The third-order valence-corrected chi connectivity index (χ3v) is 4.24. The molecule has 0 aliphatic rings. The first-order valence-electron chi connectivity index (χ1n) is 8.25. The van der Waals surface area contributed by atoms with E-state index in [9.17, 15) is 9.90 Å². The van der Waals surface area contributed by atoms with Crippen molar-refractivity contribution in [2.24, 2.45) is 0 Å². The van der Waals surface area contributed by atoms with Crippen molar-refractivity contribution < 1.29 is 9.90 Å². The van der Waals surface area contributed by atoms with Gasteiger partial charge in [-0.25, -0.2) is 4.79 Å². The fraction of sp³-hybridized carbons (Fsp3) is 0.182. The van der Waals surface area contributed by atoms with Gasteiger partial charge in [-0.1, -0.05) is 63.3 Å². The van der Waals surface area contributed by atoms with Gasteiger partial charge < -0.3 is 5.11 Å². The van der Waals surface area contributed by atoms with Crippen LogP contribution in [-0.2, 0) is 5.41 Å². The van der Waals surface area contributed by atoms with Crippen LogP contribution < -0.4 is 0 Å². The van der Waals surface area contributed by atoms with E-state index in [-0.39, 0.29) is 11.0 Å². The summed E-state index contributed by atoms with van der Waals surface area (Å²) in [6.45, 7) is 6.59. The zero-order chi connectivity index (χ0) is 18.0. The minimum absolute atomic E-state index is 0.140. The summed E-state index contributed by atoms with van der Waals surface area (Å²) >= 11 is 0. The molecule has 126 valence electrons. The number of carboxylic acid groups (broad SMARTS) is 1. The first kappa shape index (κ1) is 16.9. The van der Waals surface area contributed by atoms with E-state index in [0.717, 1.165) is 11.1 Å². The number of rotatable bonds is 3. The van der Waals surface area contributed by atoms with Crippen LogP contribution in [-0.4, -0.2) is 16.1 Å². The Labute approximate surface area is 147 Å². The Balaban J connectivity index is 1.91. The van der Waals surface area contributed by atoms with Gasteiger partial charge in [0.2, 0.25) is 0 Å². The lowest BCUT2D eigenvalue weighted by atomic mass is 9.87. The summed E-state index contributed by atoms with van der Waals surface area (Å²) in [5.41, 5.74) is 4.45. The number of carbonyl (C=O) groups is 1. The standard InChI is InChI=1S/C22H21NO2/c1-22(2,3)17-9-6-15(7-10-17)4-5-16-8-11-20-19(14-16)18(21(24)25)12-13-23-20/h4-14H,1-3H3,(H,24,25). The van der Waals surface area contributed by atoms with Crippen molar-refractivity contribution >= 4 is 29.0 Å². The van der Waals surface area contributed by atoms with Crippen molar-refractivity contribution in [2.45, 2.75) is 26.2 Å². The average Bonchev–Trinajstić information content (AvgIpc) is 2.58. The summed E-state index contributed by atoms with van der Waals surface area (Å²) < 4.78 is 0. The second kappa shape index (κ2) is 6.52. The minimum atomic E-state index is -0.939. The zero-order valence-electron chi connectivity index (χ0n) is 14.7. The Morgan fingerprint density at radius 1 is 0.960 bits per heavy atom. The highest BCUT2D eigenvalue weighted by Crippen LogP contribution is 2.23. The SMILES string of the molecule is CC(C)(C)c1ccc(C=Cc2ccc3nccc(C(=O)O)c3c2)cc1. The molecule has 0 unspecified atom stereocenters. The number of pyridine rings is 1. The summed E-state index contributed by atoms with van der Waals surface area (Å²) in [4.78, 5) is 15.6. The molecule has 0 aliphatic heterocycles. The monoisotopic (exact) mass is 331 g/mol. The molecule has 0 bridgehead atoms. The van der Waals surface area contributed by atoms with Crippen LogP contribution in [0.25, 0.3) is 23.1 Å². The molecule has 0 fully saturated rings. The average molecular weight is 331 g/mol. The molecule has 0 spiro atoms. The van der Waals surface area contributed by atoms with Crippen LogP contribution in [0.4, 0.5) is 0 Å². The molecule has 25 heavy (non-hydrogen) atoms. The second-order valence-electron chi connectivity index (χ2n) is 7.15. The Morgan fingerprint density at radius 2 is 1.60 bits per heavy atom. The molecular weight excluding hydrogens is 310 g/mol. The number of hydrogen-bond acceptors (Lipinski definition) is 2. The quantitative estimate of drug-likeness (QED) is 0.654. The van der Waals surface area contributed by atoms with Gasteiger partial charge in [-0.15, -0.1) is 0 Å². The highest BCUT2D eigenvalue weighted by molar-refractivity contribution is 6.03. The van der Waals surface area contributed by atoms with E-state index in [4.69, 9.17) is 0 Å². The number of benzene rings is 2. The van der Waals surface area contributed by atoms with Gasteiger partial charge in [0.25, 0.3) is 0 Å². The lowest BCUT2D eigenvalue weighted by Crippen LogP contribution is -2.10. The van der Waals surface area contributed by atoms with E-state index in [1.54, 1.807) is 0 Å². The van der Waals surface area contributed by atoms with Crippen molar-refractivity contribution in [3.8, 4) is 0 Å². The highest BCUT2D eigenvalue weighted by atomic mass is 16.4. The zero-order valence-corrected chi connectivity index (χ0v) is 14.7. The Morgan fingerprint density at radius 3 is 2.24 bits per heavy atom. The first-order valence-corrected chi connectivity index (χ1v) is 8.25. The molecule has 0 saturated carbocycles. The molecular formula is C22H21NO2. The maximum Gasteiger partial charge on any atom is 0.336 e. The summed E-state index contributed by atoms with van der Waals surface area (Å²) in [6.07, 6.45) is 5.55. The molecule has 3 aromatic rings. The van der Waals surface area contributed by atoms with Crippen LogP contribution in [0.15, 0.2) is 54.7 Å². The fourth-order valence-corrected chi connectivity index (χ4v) is 2.74. The van der Waals surface area contributed by atoms with Crippen LogP contribution in [0.2, 0.25) is 0 Å². The fourth-order valence-electron chi connectivity index (χ4n) is 2.74. The van der Waals surface area contributed by atoms with E-state index in [2.05, 4.69) is 50.0 Å². The lowest BCUT2D eigenvalue weighted by Gasteiger charge is -2.18. The molecule has 3 nitrogen and oxygen atoms in total. The molecule has 0 aliphatic carbocycles. The van der Waals surface area contributed by atoms with Crippen molar-refractivity contribution in [1.29, 1.82) is 0 Å². The Kier molecular flexibility index (Phi) is 4.41. The van der Waals surface area contributed by atoms with Gasteiger partial charge in [-0.2, -0.15) is 0 Å². The predicted molar refractivity (Wildman–Crippen MR) is 103 cm³/mol. The molecule has 1 N–H and O–H groups in total. The Hall–Kier alpha value is -2.94. The van der Waals surface area contributed by atoms with Crippen molar-refractivity contribution in [2.75, 3.05) is 0 Å². The predicted octanol–water partition coefficient (Wildman–Crippen LogP) is 5.40. The Bertz CT molecular complexity index is 948. The van der Waals surface area contributed by atoms with Crippen LogP contribution in [0, 0.1) is 0 Å². The third kappa shape index (κ3) is 3.77. The number of aromatic carboxylic acids is 1.